The van der Waals surface area contributed by atoms with Crippen molar-refractivity contribution in [3.63, 3.8) is 0 Å². The molecule has 0 saturated heterocycles. The molecule has 0 atom stereocenters. The number of halogens is 1. The molecule has 0 aliphatic carbocycles. The molecule has 7 heteroatoms. The fourth-order valence-electron chi connectivity index (χ4n) is 2.44. The summed E-state index contributed by atoms with van der Waals surface area (Å²) < 4.78 is 1.37. The normalized spacial score (nSPS) is 10.6. The molecule has 3 N–H and O–H groups in total. The summed E-state index contributed by atoms with van der Waals surface area (Å²) in [7, 11) is 0. The minimum absolute atomic E-state index is 0. The second-order valence-corrected chi connectivity index (χ2v) is 5.32. The van der Waals surface area contributed by atoms with Crippen LogP contribution in [0.5, 0.6) is 0 Å². The van der Waals surface area contributed by atoms with Gasteiger partial charge in [-0.3, -0.25) is 9.89 Å². The molecular weight excluding hydrogens is 360 g/mol. The number of aliphatic hydroxyl groups is 1. The maximum atomic E-state index is 12.3. The van der Waals surface area contributed by atoms with Crippen LogP contribution in [-0.4, -0.2) is 31.5 Å². The van der Waals surface area contributed by atoms with Gasteiger partial charge < -0.3 is 10.1 Å². The zero-order chi connectivity index (χ0) is 15.7. The highest BCUT2D eigenvalue weighted by atomic mass is 79.9. The number of benzene rings is 1. The van der Waals surface area contributed by atoms with Crippen LogP contribution < -0.4 is 5.56 Å². The number of H-pyrrole nitrogens is 2. The molecule has 0 aliphatic rings. The molecular formula is C16H19BrN4O2. The first-order valence-electron chi connectivity index (χ1n) is 7.14. The average molecular weight is 379 g/mol. The third kappa shape index (κ3) is 3.30. The van der Waals surface area contributed by atoms with E-state index in [-0.39, 0.29) is 29.1 Å². The van der Waals surface area contributed by atoms with Crippen molar-refractivity contribution in [2.45, 2.75) is 20.3 Å². The van der Waals surface area contributed by atoms with Crippen LogP contribution in [0.25, 0.3) is 17.2 Å². The van der Waals surface area contributed by atoms with Gasteiger partial charge in [0.05, 0.1) is 11.9 Å². The zero-order valence-corrected chi connectivity index (χ0v) is 14.7. The van der Waals surface area contributed by atoms with E-state index in [2.05, 4.69) is 15.1 Å². The van der Waals surface area contributed by atoms with Crippen molar-refractivity contribution < 1.29 is 5.11 Å². The fourth-order valence-corrected chi connectivity index (χ4v) is 2.44. The highest BCUT2D eigenvalue weighted by molar-refractivity contribution is 8.93. The van der Waals surface area contributed by atoms with Crippen LogP contribution in [0.4, 0.5) is 0 Å². The molecule has 0 radical (unpaired) electrons. The number of nitrogens with one attached hydrogen (secondary N) is 2. The largest absolute Gasteiger partial charge is 0.396 e. The molecule has 0 bridgehead atoms. The summed E-state index contributed by atoms with van der Waals surface area (Å²) in [5.41, 5.74) is 4.18. The monoisotopic (exact) mass is 378 g/mol. The van der Waals surface area contributed by atoms with E-state index in [4.69, 9.17) is 5.11 Å². The number of aliphatic hydroxyl groups excluding tert-OH is 1. The van der Waals surface area contributed by atoms with Crippen molar-refractivity contribution in [1.82, 2.24) is 19.7 Å². The van der Waals surface area contributed by atoms with Gasteiger partial charge in [-0.2, -0.15) is 4.68 Å². The molecule has 23 heavy (non-hydrogen) atoms. The number of aromatic amines is 2. The topological polar surface area (TPSA) is 86.7 Å². The summed E-state index contributed by atoms with van der Waals surface area (Å²) in [4.78, 5) is 19.8. The van der Waals surface area contributed by atoms with Gasteiger partial charge in [0, 0.05) is 24.3 Å². The van der Waals surface area contributed by atoms with Crippen molar-refractivity contribution in [3.8, 4) is 17.2 Å². The molecule has 0 spiro atoms. The number of rotatable bonds is 4. The number of hydrogen-bond acceptors (Lipinski definition) is 3. The second kappa shape index (κ2) is 6.97. The van der Waals surface area contributed by atoms with Crippen molar-refractivity contribution in [1.29, 1.82) is 0 Å². The molecule has 0 saturated carbocycles. The summed E-state index contributed by atoms with van der Waals surface area (Å²) in [5.74, 6) is 0.438. The zero-order valence-electron chi connectivity index (χ0n) is 13.0. The molecule has 0 fully saturated rings. The van der Waals surface area contributed by atoms with E-state index in [0.717, 1.165) is 17.0 Å². The fraction of sp³-hybridized carbons (Fsp3) is 0.250. The minimum atomic E-state index is -0.184. The Labute approximate surface area is 144 Å². The molecule has 1 aromatic carbocycles. The molecule has 2 heterocycles. The minimum Gasteiger partial charge on any atom is -0.396 e. The van der Waals surface area contributed by atoms with Crippen LogP contribution in [0.15, 0.2) is 35.3 Å². The Morgan fingerprint density at radius 1 is 1.22 bits per heavy atom. The third-order valence-corrected chi connectivity index (χ3v) is 3.69. The molecule has 0 unspecified atom stereocenters. The predicted octanol–water partition coefficient (Wildman–Crippen LogP) is 2.29. The molecule has 0 aliphatic heterocycles. The number of hydrogen-bond donors (Lipinski definition) is 3. The summed E-state index contributed by atoms with van der Waals surface area (Å²) >= 11 is 0. The lowest BCUT2D eigenvalue weighted by Crippen LogP contribution is -2.19. The molecule has 0 amide bonds. The van der Waals surface area contributed by atoms with Crippen LogP contribution >= 0.6 is 17.0 Å². The van der Waals surface area contributed by atoms with Crippen LogP contribution in [0.2, 0.25) is 0 Å². The Balaban J connectivity index is 0.00000192. The first kappa shape index (κ1) is 17.2. The van der Waals surface area contributed by atoms with E-state index in [9.17, 15) is 4.79 Å². The lowest BCUT2D eigenvalue weighted by Gasteiger charge is -1.98. The Kier molecular flexibility index (Phi) is 5.23. The van der Waals surface area contributed by atoms with E-state index < -0.39 is 0 Å². The first-order valence-corrected chi connectivity index (χ1v) is 7.14. The van der Waals surface area contributed by atoms with Gasteiger partial charge >= 0.3 is 0 Å². The van der Waals surface area contributed by atoms with Crippen molar-refractivity contribution in [3.05, 3.63) is 57.6 Å². The maximum absolute atomic E-state index is 12.3. The Morgan fingerprint density at radius 2 is 1.91 bits per heavy atom. The Hall–Kier alpha value is -2.12. The average Bonchev–Trinajstić information content (AvgIpc) is 3.08. The number of aryl methyl sites for hydroxylation is 2. The van der Waals surface area contributed by atoms with Crippen LogP contribution in [0.3, 0.4) is 0 Å². The van der Waals surface area contributed by atoms with Crippen molar-refractivity contribution >= 4 is 17.0 Å². The van der Waals surface area contributed by atoms with Gasteiger partial charge in [-0.05, 0) is 19.4 Å². The van der Waals surface area contributed by atoms with E-state index in [1.54, 1.807) is 6.20 Å². The highest BCUT2D eigenvalue weighted by Gasteiger charge is 2.14. The maximum Gasteiger partial charge on any atom is 0.277 e. The molecule has 122 valence electrons. The van der Waals surface area contributed by atoms with Gasteiger partial charge in [0.15, 0.2) is 0 Å². The van der Waals surface area contributed by atoms with Gasteiger partial charge in [-0.1, -0.05) is 29.8 Å². The summed E-state index contributed by atoms with van der Waals surface area (Å²) in [5, 5.41) is 12.0. The summed E-state index contributed by atoms with van der Waals surface area (Å²) in [6.07, 6.45) is 2.04. The Morgan fingerprint density at radius 3 is 2.57 bits per heavy atom. The van der Waals surface area contributed by atoms with Gasteiger partial charge in [-0.15, -0.1) is 17.0 Å². The Bertz CT molecular complexity index is 846. The van der Waals surface area contributed by atoms with E-state index in [1.807, 2.05) is 38.1 Å². The van der Waals surface area contributed by atoms with Crippen LogP contribution in [0, 0.1) is 13.8 Å². The van der Waals surface area contributed by atoms with Gasteiger partial charge in [-0.25, -0.2) is 4.98 Å². The van der Waals surface area contributed by atoms with E-state index in [1.165, 1.54) is 10.2 Å². The molecule has 3 aromatic rings. The van der Waals surface area contributed by atoms with Crippen molar-refractivity contribution in [2.24, 2.45) is 0 Å². The van der Waals surface area contributed by atoms with Crippen LogP contribution in [-0.2, 0) is 6.42 Å². The molecule has 2 aromatic heterocycles. The first-order chi connectivity index (χ1) is 10.6. The van der Waals surface area contributed by atoms with Gasteiger partial charge in [0.2, 0.25) is 5.95 Å². The van der Waals surface area contributed by atoms with Crippen LogP contribution in [0.1, 0.15) is 16.8 Å². The standard InChI is InChI=1S/C16H18N4O2.BrH/c1-10-3-5-12(6-4-10)14-9-17-16(18-14)20-15(22)13(7-8-21)11(2)19-20;/h3-6,9,19,21H,7-8H2,1-2H3,(H,17,18);1H. The van der Waals surface area contributed by atoms with Gasteiger partial charge in [0.1, 0.15) is 0 Å². The SMILES string of the molecule is Br.Cc1ccc(-c2cnc(-n3[nH]c(C)c(CCO)c3=O)[nH]2)cc1. The quantitative estimate of drug-likeness (QED) is 0.650. The van der Waals surface area contributed by atoms with E-state index in [0.29, 0.717) is 17.9 Å². The number of nitrogens with zero attached hydrogens (tertiary/aromatic N) is 2. The highest BCUT2D eigenvalue weighted by Crippen LogP contribution is 2.18. The lowest BCUT2D eigenvalue weighted by molar-refractivity contribution is 0.299. The smallest absolute Gasteiger partial charge is 0.277 e. The predicted molar refractivity (Wildman–Crippen MR) is 94.6 cm³/mol. The molecule has 3 rings (SSSR count). The van der Waals surface area contributed by atoms with Gasteiger partial charge in [0.25, 0.3) is 5.56 Å². The number of aromatic nitrogens is 4. The third-order valence-electron chi connectivity index (χ3n) is 3.69. The summed E-state index contributed by atoms with van der Waals surface area (Å²) in [6.45, 7) is 3.79. The molecule has 6 nitrogen and oxygen atoms in total. The lowest BCUT2D eigenvalue weighted by atomic mass is 10.1. The summed E-state index contributed by atoms with van der Waals surface area (Å²) in [6, 6.07) is 8.07. The second-order valence-electron chi connectivity index (χ2n) is 5.32. The van der Waals surface area contributed by atoms with E-state index >= 15 is 0 Å². The van der Waals surface area contributed by atoms with Crippen molar-refractivity contribution in [2.75, 3.05) is 6.61 Å². The number of imidazole rings is 1.